The smallest absolute Gasteiger partial charge is 0.265 e. The minimum absolute atomic E-state index is 0.0200. The van der Waals surface area contributed by atoms with Crippen LogP contribution in [0.2, 0.25) is 0 Å². The summed E-state index contributed by atoms with van der Waals surface area (Å²) in [5, 5.41) is 6.61. The third-order valence-electron chi connectivity index (χ3n) is 5.74. The van der Waals surface area contributed by atoms with Crippen molar-refractivity contribution in [1.82, 2.24) is 10.6 Å². The van der Waals surface area contributed by atoms with Gasteiger partial charge in [-0.3, -0.25) is 9.59 Å². The maximum absolute atomic E-state index is 12.3. The van der Waals surface area contributed by atoms with E-state index in [1.807, 2.05) is 60.4 Å². The molecule has 0 radical (unpaired) electrons. The normalized spacial score (nSPS) is 16.0. The van der Waals surface area contributed by atoms with E-state index in [9.17, 15) is 9.59 Å². The largest absolute Gasteiger partial charge is 0.482 e. The Labute approximate surface area is 194 Å². The third kappa shape index (κ3) is 5.63. The van der Waals surface area contributed by atoms with Crippen LogP contribution < -0.4 is 25.2 Å². The lowest BCUT2D eigenvalue weighted by molar-refractivity contribution is -0.121. The number of benzene rings is 2. The Bertz CT molecular complexity index is 1010. The summed E-state index contributed by atoms with van der Waals surface area (Å²) in [4.78, 5) is 32.5. The molecule has 8 nitrogen and oxygen atoms in total. The topological polar surface area (TPSA) is 86.3 Å². The zero-order chi connectivity index (χ0) is 23.0. The predicted molar refractivity (Wildman–Crippen MR) is 130 cm³/mol. The lowest BCUT2D eigenvalue weighted by Crippen LogP contribution is -2.42. The second kappa shape index (κ2) is 10.8. The van der Waals surface area contributed by atoms with E-state index in [0.717, 1.165) is 54.6 Å². The minimum Gasteiger partial charge on any atom is -0.482 e. The number of ether oxygens (including phenoxy) is 1. The Balaban J connectivity index is 1.28. The zero-order valence-corrected chi connectivity index (χ0v) is 19.0. The van der Waals surface area contributed by atoms with Gasteiger partial charge >= 0.3 is 0 Å². The maximum Gasteiger partial charge on any atom is 0.265 e. The summed E-state index contributed by atoms with van der Waals surface area (Å²) in [6.07, 6.45) is 2.34. The first-order valence-electron chi connectivity index (χ1n) is 11.6. The molecule has 0 saturated carbocycles. The molecule has 0 atom stereocenters. The monoisotopic (exact) mass is 449 g/mol. The summed E-state index contributed by atoms with van der Waals surface area (Å²) < 4.78 is 5.50. The van der Waals surface area contributed by atoms with Crippen LogP contribution in [0.25, 0.3) is 0 Å². The third-order valence-corrected chi connectivity index (χ3v) is 5.74. The Morgan fingerprint density at radius 2 is 1.88 bits per heavy atom. The zero-order valence-electron chi connectivity index (χ0n) is 19.0. The fourth-order valence-electron chi connectivity index (χ4n) is 4.06. The molecule has 8 heteroatoms. The first kappa shape index (κ1) is 22.6. The number of amides is 2. The van der Waals surface area contributed by atoms with E-state index in [-0.39, 0.29) is 18.4 Å². The predicted octanol–water partition coefficient (Wildman–Crippen LogP) is 2.68. The fourth-order valence-corrected chi connectivity index (χ4v) is 4.06. The summed E-state index contributed by atoms with van der Waals surface area (Å²) in [6.45, 7) is 5.51. The highest BCUT2D eigenvalue weighted by Crippen LogP contribution is 2.31. The highest BCUT2D eigenvalue weighted by atomic mass is 16.5. The Morgan fingerprint density at radius 1 is 1.06 bits per heavy atom. The molecule has 2 aliphatic rings. The number of carbonyl (C=O) groups excluding carboxylic acids is 2. The van der Waals surface area contributed by atoms with Gasteiger partial charge in [0.15, 0.2) is 12.6 Å². The number of hydrogen-bond donors (Lipinski definition) is 2. The Hall–Kier alpha value is -3.55. The van der Waals surface area contributed by atoms with E-state index in [0.29, 0.717) is 26.1 Å². The first-order chi connectivity index (χ1) is 16.2. The molecule has 174 valence electrons. The summed E-state index contributed by atoms with van der Waals surface area (Å²) in [5.74, 6) is 1.67. The molecule has 2 amide bonds. The van der Waals surface area contributed by atoms with Crippen LogP contribution in [0.1, 0.15) is 31.7 Å². The molecule has 33 heavy (non-hydrogen) atoms. The summed E-state index contributed by atoms with van der Waals surface area (Å²) in [6, 6.07) is 15.7. The van der Waals surface area contributed by atoms with Crippen LogP contribution in [0, 0.1) is 0 Å². The van der Waals surface area contributed by atoms with E-state index in [1.165, 1.54) is 0 Å². The number of nitrogens with zero attached hydrogens (tertiary/aromatic N) is 3. The molecule has 2 N–H and O–H groups in total. The van der Waals surface area contributed by atoms with Crippen molar-refractivity contribution in [2.45, 2.75) is 32.7 Å². The van der Waals surface area contributed by atoms with Crippen molar-refractivity contribution in [2.24, 2.45) is 4.99 Å². The van der Waals surface area contributed by atoms with Gasteiger partial charge in [0.05, 0.1) is 12.2 Å². The van der Waals surface area contributed by atoms with Crippen LogP contribution in [0.5, 0.6) is 5.75 Å². The van der Waals surface area contributed by atoms with Crippen LogP contribution in [-0.2, 0) is 16.1 Å². The van der Waals surface area contributed by atoms with E-state index >= 15 is 0 Å². The number of para-hydroxylation sites is 2. The molecule has 2 aromatic rings. The molecule has 4 rings (SSSR count). The number of guanidine groups is 1. The minimum atomic E-state index is -0.0200. The molecule has 2 aliphatic heterocycles. The number of nitrogens with one attached hydrogen (secondary N) is 2. The van der Waals surface area contributed by atoms with Gasteiger partial charge in [0.25, 0.3) is 5.91 Å². The van der Waals surface area contributed by atoms with Gasteiger partial charge in [0.2, 0.25) is 5.91 Å². The van der Waals surface area contributed by atoms with Crippen LogP contribution >= 0.6 is 0 Å². The van der Waals surface area contributed by atoms with Crippen molar-refractivity contribution in [3.05, 3.63) is 54.1 Å². The quantitative estimate of drug-likeness (QED) is 0.368. The Kier molecular flexibility index (Phi) is 7.44. The summed E-state index contributed by atoms with van der Waals surface area (Å²) >= 11 is 0. The van der Waals surface area contributed by atoms with Crippen LogP contribution in [-0.4, -0.2) is 50.6 Å². The van der Waals surface area contributed by atoms with Crippen molar-refractivity contribution >= 4 is 29.1 Å². The average molecular weight is 450 g/mol. The van der Waals surface area contributed by atoms with Crippen molar-refractivity contribution in [2.75, 3.05) is 42.6 Å². The van der Waals surface area contributed by atoms with Gasteiger partial charge in [0, 0.05) is 38.3 Å². The maximum atomic E-state index is 12.3. The number of hydrogen-bond acceptors (Lipinski definition) is 4. The molecule has 0 bridgehead atoms. The van der Waals surface area contributed by atoms with E-state index < -0.39 is 0 Å². The van der Waals surface area contributed by atoms with E-state index in [2.05, 4.69) is 15.6 Å². The highest BCUT2D eigenvalue weighted by molar-refractivity contribution is 5.97. The van der Waals surface area contributed by atoms with Gasteiger partial charge in [-0.15, -0.1) is 0 Å². The number of aliphatic imine (C=N–C) groups is 1. The first-order valence-corrected chi connectivity index (χ1v) is 11.6. The molecule has 0 unspecified atom stereocenters. The van der Waals surface area contributed by atoms with Crippen molar-refractivity contribution in [3.63, 3.8) is 0 Å². The molecular weight excluding hydrogens is 418 g/mol. The van der Waals surface area contributed by atoms with Gasteiger partial charge in [-0.2, -0.15) is 0 Å². The number of anilines is 2. The van der Waals surface area contributed by atoms with Gasteiger partial charge in [0.1, 0.15) is 5.75 Å². The van der Waals surface area contributed by atoms with Crippen LogP contribution in [0.3, 0.4) is 0 Å². The summed E-state index contributed by atoms with van der Waals surface area (Å²) in [7, 11) is 0. The fraction of sp³-hybridized carbons (Fsp3) is 0.400. The summed E-state index contributed by atoms with van der Waals surface area (Å²) in [5.41, 5.74) is 2.86. The molecule has 2 aromatic carbocycles. The SMILES string of the molecule is CCNC(=NCc1ccc(N2CCCC2=O)cc1)NCCCN1C(=O)COc2ccccc21. The number of fused-ring (bicyclic) bond motifs is 1. The van der Waals surface area contributed by atoms with Gasteiger partial charge in [-0.1, -0.05) is 24.3 Å². The van der Waals surface area contributed by atoms with E-state index in [4.69, 9.17) is 4.74 Å². The number of carbonyl (C=O) groups is 2. The second-order valence-corrected chi connectivity index (χ2v) is 8.09. The average Bonchev–Trinajstić information content (AvgIpc) is 3.27. The van der Waals surface area contributed by atoms with Crippen LogP contribution in [0.15, 0.2) is 53.5 Å². The molecule has 0 aliphatic carbocycles. The van der Waals surface area contributed by atoms with Crippen molar-refractivity contribution in [3.8, 4) is 5.75 Å². The standard InChI is InChI=1S/C25H31N5O3/c1-2-26-25(28-17-19-10-12-20(13-11-19)29-15-5-9-23(29)31)27-14-6-16-30-21-7-3-4-8-22(21)33-18-24(30)32/h3-4,7-8,10-13H,2,5-6,9,14-18H2,1H3,(H2,26,27,28). The van der Waals surface area contributed by atoms with E-state index in [1.54, 1.807) is 4.90 Å². The van der Waals surface area contributed by atoms with Crippen LogP contribution in [0.4, 0.5) is 11.4 Å². The highest BCUT2D eigenvalue weighted by Gasteiger charge is 2.24. The molecular formula is C25H31N5O3. The van der Waals surface area contributed by atoms with Crippen molar-refractivity contribution in [1.29, 1.82) is 0 Å². The molecule has 0 aromatic heterocycles. The molecule has 1 fully saturated rings. The lowest BCUT2D eigenvalue weighted by Gasteiger charge is -2.29. The number of rotatable bonds is 8. The Morgan fingerprint density at radius 3 is 2.64 bits per heavy atom. The molecule has 0 spiro atoms. The van der Waals surface area contributed by atoms with Crippen molar-refractivity contribution < 1.29 is 14.3 Å². The van der Waals surface area contributed by atoms with Gasteiger partial charge < -0.3 is 25.2 Å². The molecule has 1 saturated heterocycles. The lowest BCUT2D eigenvalue weighted by atomic mass is 10.2. The second-order valence-electron chi connectivity index (χ2n) is 8.09. The molecule has 2 heterocycles. The van der Waals surface area contributed by atoms with Gasteiger partial charge in [-0.05, 0) is 49.6 Å². The van der Waals surface area contributed by atoms with Gasteiger partial charge in [-0.25, -0.2) is 4.99 Å².